The van der Waals surface area contributed by atoms with Crippen molar-refractivity contribution in [3.05, 3.63) is 17.5 Å². The molecule has 0 aliphatic heterocycles. The van der Waals surface area contributed by atoms with Crippen LogP contribution in [0.4, 0.5) is 13.2 Å². The second-order valence-electron chi connectivity index (χ2n) is 2.82. The lowest BCUT2D eigenvalue weighted by molar-refractivity contribution is -0.144. The normalized spacial score (nSPS) is 11.2. The van der Waals surface area contributed by atoms with Gasteiger partial charge in [-0.15, -0.1) is 0 Å². The zero-order chi connectivity index (χ0) is 12.3. The number of hydrogen-bond acceptors (Lipinski definition) is 4. The smallest absolute Gasteiger partial charge is 0.435 e. The summed E-state index contributed by atoms with van der Waals surface area (Å²) in [5.74, 6) is -0.756. The van der Waals surface area contributed by atoms with Gasteiger partial charge in [-0.2, -0.15) is 18.3 Å². The molecule has 1 aromatic heterocycles. The van der Waals surface area contributed by atoms with Crippen LogP contribution in [0.15, 0.2) is 6.20 Å². The zero-order valence-electron chi connectivity index (χ0n) is 8.11. The number of hydrogen-bond donors (Lipinski definition) is 0. The molecule has 0 aliphatic rings. The van der Waals surface area contributed by atoms with E-state index in [9.17, 15) is 22.8 Å². The first-order chi connectivity index (χ1) is 7.38. The standard InChI is InChI=1S/C8H7F3N2O3/c1-16-6(15)3-13-2-5(4-14)7(12-13)8(9,10)11/h2,4H,3H2,1H3. The average molecular weight is 236 g/mol. The largest absolute Gasteiger partial charge is 0.468 e. The van der Waals surface area contributed by atoms with Gasteiger partial charge in [0.1, 0.15) is 6.54 Å². The van der Waals surface area contributed by atoms with E-state index in [0.29, 0.717) is 4.68 Å². The van der Waals surface area contributed by atoms with Gasteiger partial charge < -0.3 is 4.74 Å². The molecule has 0 N–H and O–H groups in total. The summed E-state index contributed by atoms with van der Waals surface area (Å²) >= 11 is 0. The molecule has 0 radical (unpaired) electrons. The minimum Gasteiger partial charge on any atom is -0.468 e. The number of carbonyl (C=O) groups excluding carboxylic acids is 2. The van der Waals surface area contributed by atoms with Gasteiger partial charge in [0.25, 0.3) is 0 Å². The molecule has 0 aromatic carbocycles. The Balaban J connectivity index is 3.03. The van der Waals surface area contributed by atoms with Gasteiger partial charge in [-0.1, -0.05) is 0 Å². The molecule has 0 fully saturated rings. The van der Waals surface area contributed by atoms with Crippen molar-refractivity contribution in [2.75, 3.05) is 7.11 Å². The lowest BCUT2D eigenvalue weighted by atomic mass is 10.3. The summed E-state index contributed by atoms with van der Waals surface area (Å²) in [7, 11) is 1.09. The van der Waals surface area contributed by atoms with Crippen LogP contribution in [0.1, 0.15) is 16.1 Å². The first-order valence-corrected chi connectivity index (χ1v) is 4.05. The number of rotatable bonds is 3. The SMILES string of the molecule is COC(=O)Cn1cc(C=O)c(C(F)(F)F)n1. The van der Waals surface area contributed by atoms with Crippen LogP contribution in [0.2, 0.25) is 0 Å². The number of alkyl halides is 3. The van der Waals surface area contributed by atoms with E-state index < -0.39 is 29.9 Å². The maximum Gasteiger partial charge on any atom is 0.435 e. The van der Waals surface area contributed by atoms with Crippen molar-refractivity contribution in [3.63, 3.8) is 0 Å². The Morgan fingerprint density at radius 2 is 2.25 bits per heavy atom. The molecular formula is C8H7F3N2O3. The Bertz CT molecular complexity index is 411. The molecule has 0 bridgehead atoms. The summed E-state index contributed by atoms with van der Waals surface area (Å²) in [6.07, 6.45) is -3.85. The first kappa shape index (κ1) is 12.2. The van der Waals surface area contributed by atoms with Crippen molar-refractivity contribution in [3.8, 4) is 0 Å². The number of aldehydes is 1. The highest BCUT2D eigenvalue weighted by atomic mass is 19.4. The first-order valence-electron chi connectivity index (χ1n) is 4.05. The van der Waals surface area contributed by atoms with Gasteiger partial charge in [0.2, 0.25) is 0 Å². The third kappa shape index (κ3) is 2.59. The van der Waals surface area contributed by atoms with Crippen molar-refractivity contribution < 1.29 is 27.5 Å². The number of methoxy groups -OCH3 is 1. The summed E-state index contributed by atoms with van der Waals surface area (Å²) in [4.78, 5) is 21.2. The van der Waals surface area contributed by atoms with E-state index in [4.69, 9.17) is 0 Å². The molecule has 1 rings (SSSR count). The molecule has 0 atom stereocenters. The summed E-state index contributed by atoms with van der Waals surface area (Å²) < 4.78 is 41.9. The van der Waals surface area contributed by atoms with Gasteiger partial charge in [0.05, 0.1) is 12.7 Å². The highest BCUT2D eigenvalue weighted by Crippen LogP contribution is 2.29. The predicted octanol–water partition coefficient (Wildman–Crippen LogP) is 0.887. The summed E-state index contributed by atoms with van der Waals surface area (Å²) in [6.45, 7) is -0.479. The maximum atomic E-state index is 12.3. The molecule has 1 aromatic rings. The third-order valence-electron chi connectivity index (χ3n) is 1.70. The molecule has 1 heterocycles. The minimum absolute atomic E-state index is 0.0314. The molecule has 0 saturated carbocycles. The lowest BCUT2D eigenvalue weighted by Crippen LogP contribution is -2.14. The second kappa shape index (κ2) is 4.33. The molecule has 88 valence electrons. The van der Waals surface area contributed by atoms with Gasteiger partial charge in [-0.05, 0) is 0 Å². The quantitative estimate of drug-likeness (QED) is 0.577. The Morgan fingerprint density at radius 3 is 2.62 bits per heavy atom. The van der Waals surface area contributed by atoms with Crippen molar-refractivity contribution in [2.45, 2.75) is 12.7 Å². The number of esters is 1. The van der Waals surface area contributed by atoms with E-state index in [1.165, 1.54) is 0 Å². The number of aromatic nitrogens is 2. The number of halogens is 3. The van der Waals surface area contributed by atoms with Crippen LogP contribution in [0.25, 0.3) is 0 Å². The summed E-state index contributed by atoms with van der Waals surface area (Å²) in [5, 5.41) is 3.10. The maximum absolute atomic E-state index is 12.3. The summed E-state index contributed by atoms with van der Waals surface area (Å²) in [5.41, 5.74) is -1.93. The van der Waals surface area contributed by atoms with Gasteiger partial charge in [0.15, 0.2) is 12.0 Å². The molecule has 5 nitrogen and oxygen atoms in total. The van der Waals surface area contributed by atoms with E-state index in [0.717, 1.165) is 13.3 Å². The van der Waals surface area contributed by atoms with Crippen LogP contribution in [0.3, 0.4) is 0 Å². The fourth-order valence-electron chi connectivity index (χ4n) is 1.02. The highest BCUT2D eigenvalue weighted by molar-refractivity contribution is 5.76. The zero-order valence-corrected chi connectivity index (χ0v) is 8.11. The van der Waals surface area contributed by atoms with Crippen molar-refractivity contribution in [1.82, 2.24) is 9.78 Å². The van der Waals surface area contributed by atoms with Crippen LogP contribution in [0, 0.1) is 0 Å². The van der Waals surface area contributed by atoms with Crippen LogP contribution >= 0.6 is 0 Å². The van der Waals surface area contributed by atoms with E-state index >= 15 is 0 Å². The Labute approximate surface area is 87.8 Å². The van der Waals surface area contributed by atoms with E-state index in [-0.39, 0.29) is 6.29 Å². The lowest BCUT2D eigenvalue weighted by Gasteiger charge is -2.02. The average Bonchev–Trinajstić information content (AvgIpc) is 2.60. The van der Waals surface area contributed by atoms with Crippen molar-refractivity contribution >= 4 is 12.3 Å². The van der Waals surface area contributed by atoms with Crippen LogP contribution < -0.4 is 0 Å². The second-order valence-corrected chi connectivity index (χ2v) is 2.82. The number of nitrogens with zero attached hydrogens (tertiary/aromatic N) is 2. The van der Waals surface area contributed by atoms with E-state index in [2.05, 4.69) is 9.84 Å². The fourth-order valence-corrected chi connectivity index (χ4v) is 1.02. The summed E-state index contributed by atoms with van der Waals surface area (Å²) in [6, 6.07) is 0. The van der Waals surface area contributed by atoms with Gasteiger partial charge in [0, 0.05) is 6.20 Å². The predicted molar refractivity (Wildman–Crippen MR) is 44.6 cm³/mol. The van der Waals surface area contributed by atoms with Crippen molar-refractivity contribution in [1.29, 1.82) is 0 Å². The fraction of sp³-hybridized carbons (Fsp3) is 0.375. The third-order valence-corrected chi connectivity index (χ3v) is 1.70. The minimum atomic E-state index is -4.72. The molecule has 0 amide bonds. The van der Waals surface area contributed by atoms with Gasteiger partial charge in [-0.3, -0.25) is 14.3 Å². The van der Waals surface area contributed by atoms with Crippen LogP contribution in [-0.2, 0) is 22.3 Å². The Morgan fingerprint density at radius 1 is 1.62 bits per heavy atom. The molecule has 0 spiro atoms. The molecule has 0 saturated heterocycles. The Hall–Kier alpha value is -1.86. The monoisotopic (exact) mass is 236 g/mol. The Kier molecular flexibility index (Phi) is 3.31. The highest BCUT2D eigenvalue weighted by Gasteiger charge is 2.37. The van der Waals surface area contributed by atoms with Crippen LogP contribution in [-0.4, -0.2) is 29.1 Å². The topological polar surface area (TPSA) is 61.2 Å². The molecule has 0 unspecified atom stereocenters. The molecule has 0 aliphatic carbocycles. The number of carbonyl (C=O) groups is 2. The van der Waals surface area contributed by atoms with Crippen molar-refractivity contribution in [2.24, 2.45) is 0 Å². The number of ether oxygens (including phenoxy) is 1. The molecule has 16 heavy (non-hydrogen) atoms. The molecular weight excluding hydrogens is 229 g/mol. The van der Waals surface area contributed by atoms with Crippen LogP contribution in [0.5, 0.6) is 0 Å². The molecule has 8 heteroatoms. The van der Waals surface area contributed by atoms with Gasteiger partial charge >= 0.3 is 12.1 Å². The van der Waals surface area contributed by atoms with E-state index in [1.807, 2.05) is 0 Å². The van der Waals surface area contributed by atoms with E-state index in [1.54, 1.807) is 0 Å². The van der Waals surface area contributed by atoms with Gasteiger partial charge in [-0.25, -0.2) is 0 Å².